The predicted molar refractivity (Wildman–Crippen MR) is 293 cm³/mol. The Morgan fingerprint density at radius 2 is 0.706 bits per heavy atom. The van der Waals surface area contributed by atoms with Gasteiger partial charge in [-0.15, -0.1) is 0 Å². The van der Waals surface area contributed by atoms with Crippen molar-refractivity contribution in [2.45, 2.75) is 52.4 Å². The number of anilines is 3. The molecular weight excluding hydrogens is 821 g/mol. The fourth-order valence-corrected chi connectivity index (χ4v) is 10.5. The van der Waals surface area contributed by atoms with Gasteiger partial charge in [0.2, 0.25) is 0 Å². The molecule has 11 aromatic carbocycles. The molecule has 0 aliphatic carbocycles. The summed E-state index contributed by atoms with van der Waals surface area (Å²) in [5.41, 5.74) is 17.0. The summed E-state index contributed by atoms with van der Waals surface area (Å²) in [5, 5.41) is 10.1. The Morgan fingerprint density at radius 1 is 0.324 bits per heavy atom. The van der Waals surface area contributed by atoms with Gasteiger partial charge in [-0.25, -0.2) is 0 Å². The SMILES string of the molecule is CC(C)(C)c1ccc2c(c1)c1cc(C(C)(C)C)ccc1n2-c1ccc2ccc3c(N(c4ccc(-c5ccccc5)cc4)c4ccc(-c5ccc(-c6ccccc6)cc5)cc4)ccc4ccc1c2c43. The van der Waals surface area contributed by atoms with Crippen LogP contribution in [0.3, 0.4) is 0 Å². The minimum Gasteiger partial charge on any atom is -0.310 e. The second-order valence-corrected chi connectivity index (χ2v) is 20.6. The molecule has 1 heterocycles. The molecule has 0 radical (unpaired) electrons. The maximum absolute atomic E-state index is 2.52. The Bertz CT molecular complexity index is 3740. The molecule has 0 amide bonds. The van der Waals surface area contributed by atoms with Gasteiger partial charge in [0.05, 0.1) is 22.4 Å². The average molecular weight is 875 g/mol. The van der Waals surface area contributed by atoms with Crippen molar-refractivity contribution >= 4 is 71.2 Å². The number of hydrogen-bond donors (Lipinski definition) is 0. The van der Waals surface area contributed by atoms with E-state index in [-0.39, 0.29) is 10.8 Å². The third-order valence-corrected chi connectivity index (χ3v) is 14.3. The zero-order valence-electron chi connectivity index (χ0n) is 39.7. The van der Waals surface area contributed by atoms with E-state index < -0.39 is 0 Å². The van der Waals surface area contributed by atoms with Crippen LogP contribution < -0.4 is 4.90 Å². The summed E-state index contributed by atoms with van der Waals surface area (Å²) >= 11 is 0. The Kier molecular flexibility index (Phi) is 9.67. The van der Waals surface area contributed by atoms with Gasteiger partial charge < -0.3 is 9.47 Å². The minimum atomic E-state index is 0.0317. The molecule has 328 valence electrons. The zero-order valence-corrected chi connectivity index (χ0v) is 39.7. The molecule has 0 aliphatic rings. The fraction of sp³-hybridized carbons (Fsp3) is 0.121. The van der Waals surface area contributed by atoms with Crippen LogP contribution in [0.25, 0.3) is 93.2 Å². The van der Waals surface area contributed by atoms with Crippen molar-refractivity contribution in [2.24, 2.45) is 0 Å². The van der Waals surface area contributed by atoms with Crippen molar-refractivity contribution in [1.82, 2.24) is 4.57 Å². The van der Waals surface area contributed by atoms with E-state index >= 15 is 0 Å². The first-order chi connectivity index (χ1) is 33.0. The fourth-order valence-electron chi connectivity index (χ4n) is 10.5. The van der Waals surface area contributed by atoms with Crippen molar-refractivity contribution in [2.75, 3.05) is 4.90 Å². The zero-order chi connectivity index (χ0) is 46.3. The first kappa shape index (κ1) is 41.5. The van der Waals surface area contributed by atoms with Gasteiger partial charge in [-0.05, 0) is 138 Å². The topological polar surface area (TPSA) is 8.17 Å². The summed E-state index contributed by atoms with van der Waals surface area (Å²) in [4.78, 5) is 2.44. The van der Waals surface area contributed by atoms with Crippen LogP contribution in [-0.2, 0) is 10.8 Å². The first-order valence-corrected chi connectivity index (χ1v) is 24.0. The number of benzene rings is 11. The normalized spacial score (nSPS) is 12.3. The van der Waals surface area contributed by atoms with Crippen LogP contribution >= 0.6 is 0 Å². The van der Waals surface area contributed by atoms with Crippen molar-refractivity contribution in [3.05, 3.63) is 230 Å². The van der Waals surface area contributed by atoms with Gasteiger partial charge in [0, 0.05) is 32.9 Å². The van der Waals surface area contributed by atoms with Gasteiger partial charge in [-0.3, -0.25) is 0 Å². The molecule has 2 heteroatoms. The van der Waals surface area contributed by atoms with Crippen molar-refractivity contribution < 1.29 is 0 Å². The highest BCUT2D eigenvalue weighted by molar-refractivity contribution is 6.27. The lowest BCUT2D eigenvalue weighted by atomic mass is 9.85. The summed E-state index contributed by atoms with van der Waals surface area (Å²) in [5.74, 6) is 0. The Balaban J connectivity index is 1.03. The smallest absolute Gasteiger partial charge is 0.0541 e. The highest BCUT2D eigenvalue weighted by atomic mass is 15.1. The maximum atomic E-state index is 2.52. The standard InChI is InChI=1S/C66H54N2/c1-65(2,3)51-29-39-61-57(41-51)58-42-52(66(4,5)6)30-40-62(58)68(61)60-38-28-50-25-35-55-59(37-27-49-26-36-56(60)64(50)63(49)55)67(53-31-21-47(22-32-53)44-15-11-8-12-16-44)54-33-23-48(24-34-54)46-19-17-45(18-20-46)43-13-9-7-10-14-43/h7-42H,1-6H3. The molecule has 68 heavy (non-hydrogen) atoms. The van der Waals surface area contributed by atoms with E-state index in [9.17, 15) is 0 Å². The molecule has 0 saturated heterocycles. The summed E-state index contributed by atoms with van der Waals surface area (Å²) < 4.78 is 2.52. The van der Waals surface area contributed by atoms with Crippen LogP contribution in [0.15, 0.2) is 218 Å². The quantitative estimate of drug-likeness (QED) is 0.145. The Hall–Kier alpha value is -7.94. The average Bonchev–Trinajstić information content (AvgIpc) is 3.69. The molecule has 0 fully saturated rings. The van der Waals surface area contributed by atoms with Gasteiger partial charge in [-0.2, -0.15) is 0 Å². The van der Waals surface area contributed by atoms with E-state index in [1.807, 2.05) is 0 Å². The van der Waals surface area contributed by atoms with Crippen LogP contribution in [-0.4, -0.2) is 4.57 Å². The van der Waals surface area contributed by atoms with Gasteiger partial charge in [0.25, 0.3) is 0 Å². The van der Waals surface area contributed by atoms with Crippen LogP contribution in [0.4, 0.5) is 17.1 Å². The molecule has 0 aliphatic heterocycles. The van der Waals surface area contributed by atoms with E-state index in [1.165, 1.54) is 104 Å². The van der Waals surface area contributed by atoms with Gasteiger partial charge in [-0.1, -0.05) is 199 Å². The second kappa shape index (κ2) is 15.9. The molecule has 0 N–H and O–H groups in total. The Morgan fingerprint density at radius 3 is 1.16 bits per heavy atom. The van der Waals surface area contributed by atoms with Crippen LogP contribution in [0.5, 0.6) is 0 Å². The molecule has 1 aromatic heterocycles. The maximum Gasteiger partial charge on any atom is 0.0541 e. The molecular formula is C66H54N2. The highest BCUT2D eigenvalue weighted by Crippen LogP contribution is 2.47. The predicted octanol–water partition coefficient (Wildman–Crippen LogP) is 18.7. The number of nitrogens with zero attached hydrogens (tertiary/aromatic N) is 2. The molecule has 2 nitrogen and oxygen atoms in total. The van der Waals surface area contributed by atoms with E-state index in [4.69, 9.17) is 0 Å². The van der Waals surface area contributed by atoms with E-state index in [0.717, 1.165) is 17.1 Å². The molecule has 0 bridgehead atoms. The molecule has 0 spiro atoms. The third kappa shape index (κ3) is 7.02. The highest BCUT2D eigenvalue weighted by Gasteiger charge is 2.24. The van der Waals surface area contributed by atoms with E-state index in [2.05, 4.69) is 269 Å². The summed E-state index contributed by atoms with van der Waals surface area (Å²) in [6, 6.07) is 81.2. The van der Waals surface area contributed by atoms with Gasteiger partial charge in [0.15, 0.2) is 0 Å². The Labute approximate surface area is 399 Å². The lowest BCUT2D eigenvalue weighted by Gasteiger charge is -2.28. The minimum absolute atomic E-state index is 0.0317. The summed E-state index contributed by atoms with van der Waals surface area (Å²) in [7, 11) is 0. The van der Waals surface area contributed by atoms with Gasteiger partial charge in [0.1, 0.15) is 0 Å². The number of aromatic nitrogens is 1. The van der Waals surface area contributed by atoms with Gasteiger partial charge >= 0.3 is 0 Å². The van der Waals surface area contributed by atoms with E-state index in [1.54, 1.807) is 0 Å². The lowest BCUT2D eigenvalue weighted by molar-refractivity contribution is 0.590. The van der Waals surface area contributed by atoms with Crippen LogP contribution in [0.1, 0.15) is 52.7 Å². The van der Waals surface area contributed by atoms with E-state index in [0.29, 0.717) is 0 Å². The third-order valence-electron chi connectivity index (χ3n) is 14.3. The molecule has 12 aromatic rings. The van der Waals surface area contributed by atoms with Crippen molar-refractivity contribution in [1.29, 1.82) is 0 Å². The molecule has 12 rings (SSSR count). The first-order valence-electron chi connectivity index (χ1n) is 24.0. The van der Waals surface area contributed by atoms with Crippen molar-refractivity contribution in [3.8, 4) is 39.1 Å². The van der Waals surface area contributed by atoms with Crippen LogP contribution in [0.2, 0.25) is 0 Å². The van der Waals surface area contributed by atoms with Crippen LogP contribution in [0, 0.1) is 0 Å². The second-order valence-electron chi connectivity index (χ2n) is 20.6. The number of hydrogen-bond acceptors (Lipinski definition) is 1. The monoisotopic (exact) mass is 874 g/mol. The number of rotatable bonds is 7. The summed E-state index contributed by atoms with van der Waals surface area (Å²) in [6.07, 6.45) is 0. The summed E-state index contributed by atoms with van der Waals surface area (Å²) in [6.45, 7) is 13.9. The lowest BCUT2D eigenvalue weighted by Crippen LogP contribution is -2.10. The number of fused-ring (bicyclic) bond motifs is 3. The largest absolute Gasteiger partial charge is 0.310 e. The molecule has 0 unspecified atom stereocenters. The molecule has 0 saturated carbocycles. The van der Waals surface area contributed by atoms with Crippen molar-refractivity contribution in [3.63, 3.8) is 0 Å². The molecule has 0 atom stereocenters.